The summed E-state index contributed by atoms with van der Waals surface area (Å²) in [5.41, 5.74) is 1.85. The third-order valence-corrected chi connectivity index (χ3v) is 3.64. The van der Waals surface area contributed by atoms with Crippen LogP contribution in [0.3, 0.4) is 0 Å². The fraction of sp³-hybridized carbons (Fsp3) is 0.385. The second-order valence-electron chi connectivity index (χ2n) is 4.54. The molecular formula is C13H16BrClN4. The molecule has 0 saturated heterocycles. The van der Waals surface area contributed by atoms with Crippen molar-refractivity contribution in [3.63, 3.8) is 0 Å². The Morgan fingerprint density at radius 3 is 2.58 bits per heavy atom. The van der Waals surface area contributed by atoms with Crippen molar-refractivity contribution in [2.75, 3.05) is 7.05 Å². The Morgan fingerprint density at radius 1 is 1.32 bits per heavy atom. The highest BCUT2D eigenvalue weighted by molar-refractivity contribution is 9.10. The fourth-order valence-corrected chi connectivity index (χ4v) is 2.49. The van der Waals surface area contributed by atoms with Crippen molar-refractivity contribution in [3.05, 3.63) is 45.4 Å². The third kappa shape index (κ3) is 2.99. The Bertz CT molecular complexity index is 550. The lowest BCUT2D eigenvalue weighted by Crippen LogP contribution is -2.23. The molecule has 2 rings (SSSR count). The quantitative estimate of drug-likeness (QED) is 0.922. The van der Waals surface area contributed by atoms with Gasteiger partial charge in [0.1, 0.15) is 0 Å². The van der Waals surface area contributed by atoms with Crippen LogP contribution in [0, 0.1) is 0 Å². The van der Waals surface area contributed by atoms with Crippen LogP contribution in [-0.2, 0) is 0 Å². The first kappa shape index (κ1) is 14.5. The summed E-state index contributed by atoms with van der Waals surface area (Å²) in [6, 6.07) is 4.11. The maximum absolute atomic E-state index is 6.28. The van der Waals surface area contributed by atoms with Gasteiger partial charge in [-0.05, 0) is 49.0 Å². The summed E-state index contributed by atoms with van der Waals surface area (Å²) in [6.45, 7) is 4.16. The molecule has 0 bridgehead atoms. The summed E-state index contributed by atoms with van der Waals surface area (Å²) >= 11 is 9.67. The lowest BCUT2D eigenvalue weighted by Gasteiger charge is -2.20. The second kappa shape index (κ2) is 6.03. The molecule has 2 aromatic rings. The fourth-order valence-electron chi connectivity index (χ4n) is 2.02. The minimum absolute atomic E-state index is 0.0782. The Labute approximate surface area is 126 Å². The standard InChI is InChI=1S/C13H16BrClN4/c1-8(2)19-13(10(15)7-18-19)12(16-3)11-5-4-9(14)6-17-11/h4-8,12,16H,1-3H3. The summed E-state index contributed by atoms with van der Waals surface area (Å²) in [6.07, 6.45) is 3.46. The lowest BCUT2D eigenvalue weighted by atomic mass is 10.1. The number of hydrogen-bond acceptors (Lipinski definition) is 3. The third-order valence-electron chi connectivity index (χ3n) is 2.88. The molecule has 0 aliphatic rings. The van der Waals surface area contributed by atoms with E-state index in [-0.39, 0.29) is 12.1 Å². The zero-order valence-electron chi connectivity index (χ0n) is 11.1. The van der Waals surface area contributed by atoms with Crippen LogP contribution in [0.2, 0.25) is 5.02 Å². The van der Waals surface area contributed by atoms with E-state index in [4.69, 9.17) is 11.6 Å². The molecule has 1 N–H and O–H groups in total. The van der Waals surface area contributed by atoms with Crippen LogP contribution < -0.4 is 5.32 Å². The van der Waals surface area contributed by atoms with Crippen LogP contribution in [0.15, 0.2) is 29.0 Å². The average molecular weight is 344 g/mol. The molecule has 0 fully saturated rings. The maximum atomic E-state index is 6.28. The van der Waals surface area contributed by atoms with Gasteiger partial charge in [-0.25, -0.2) is 0 Å². The molecule has 6 heteroatoms. The van der Waals surface area contributed by atoms with Gasteiger partial charge in [0, 0.05) is 16.7 Å². The predicted octanol–water partition coefficient (Wildman–Crippen LogP) is 3.58. The van der Waals surface area contributed by atoms with E-state index in [1.165, 1.54) is 0 Å². The van der Waals surface area contributed by atoms with E-state index in [9.17, 15) is 0 Å². The number of nitrogens with one attached hydrogen (secondary N) is 1. The molecule has 19 heavy (non-hydrogen) atoms. The first-order valence-corrected chi connectivity index (χ1v) is 7.23. The van der Waals surface area contributed by atoms with Gasteiger partial charge in [0.05, 0.1) is 28.6 Å². The minimum Gasteiger partial charge on any atom is -0.307 e. The predicted molar refractivity (Wildman–Crippen MR) is 80.5 cm³/mol. The largest absolute Gasteiger partial charge is 0.307 e. The van der Waals surface area contributed by atoms with Gasteiger partial charge in [-0.1, -0.05) is 11.6 Å². The molecule has 0 aliphatic heterocycles. The number of halogens is 2. The van der Waals surface area contributed by atoms with Gasteiger partial charge in [0.2, 0.25) is 0 Å². The number of pyridine rings is 1. The smallest absolute Gasteiger partial charge is 0.0934 e. The second-order valence-corrected chi connectivity index (χ2v) is 5.86. The van der Waals surface area contributed by atoms with E-state index in [0.717, 1.165) is 15.9 Å². The molecule has 2 aromatic heterocycles. The highest BCUT2D eigenvalue weighted by Crippen LogP contribution is 2.29. The van der Waals surface area contributed by atoms with Crippen molar-refractivity contribution in [1.82, 2.24) is 20.1 Å². The first-order valence-electron chi connectivity index (χ1n) is 6.06. The topological polar surface area (TPSA) is 42.7 Å². The van der Waals surface area contributed by atoms with Gasteiger partial charge in [0.15, 0.2) is 0 Å². The van der Waals surface area contributed by atoms with Gasteiger partial charge < -0.3 is 5.32 Å². The van der Waals surface area contributed by atoms with Crippen LogP contribution in [-0.4, -0.2) is 21.8 Å². The molecular weight excluding hydrogens is 328 g/mol. The zero-order chi connectivity index (χ0) is 14.0. The van der Waals surface area contributed by atoms with E-state index >= 15 is 0 Å². The van der Waals surface area contributed by atoms with Crippen LogP contribution in [0.1, 0.15) is 37.3 Å². The van der Waals surface area contributed by atoms with Gasteiger partial charge in [-0.2, -0.15) is 5.10 Å². The van der Waals surface area contributed by atoms with E-state index in [1.54, 1.807) is 12.4 Å². The molecule has 102 valence electrons. The van der Waals surface area contributed by atoms with Gasteiger partial charge in [0.25, 0.3) is 0 Å². The van der Waals surface area contributed by atoms with Crippen molar-refractivity contribution < 1.29 is 0 Å². The molecule has 0 radical (unpaired) electrons. The van der Waals surface area contributed by atoms with E-state index in [1.807, 2.05) is 23.9 Å². The molecule has 0 aromatic carbocycles. The summed E-state index contributed by atoms with van der Waals surface area (Å²) in [5.74, 6) is 0. The molecule has 0 saturated carbocycles. The van der Waals surface area contributed by atoms with Crippen molar-refractivity contribution in [2.45, 2.75) is 25.9 Å². The van der Waals surface area contributed by atoms with Crippen LogP contribution in [0.5, 0.6) is 0 Å². The Morgan fingerprint density at radius 2 is 2.05 bits per heavy atom. The minimum atomic E-state index is -0.0782. The molecule has 0 aliphatic carbocycles. The summed E-state index contributed by atoms with van der Waals surface area (Å²) in [7, 11) is 1.89. The maximum Gasteiger partial charge on any atom is 0.0934 e. The lowest BCUT2D eigenvalue weighted by molar-refractivity contribution is 0.481. The normalized spacial score (nSPS) is 12.9. The highest BCUT2D eigenvalue weighted by Gasteiger charge is 2.22. The Kier molecular flexibility index (Phi) is 4.60. The zero-order valence-corrected chi connectivity index (χ0v) is 13.4. The molecule has 0 spiro atoms. The van der Waals surface area contributed by atoms with Crippen molar-refractivity contribution in [3.8, 4) is 0 Å². The Hall–Kier alpha value is -0.910. The van der Waals surface area contributed by atoms with Crippen LogP contribution in [0.25, 0.3) is 0 Å². The first-order chi connectivity index (χ1) is 9.04. The summed E-state index contributed by atoms with van der Waals surface area (Å²) in [5, 5.41) is 8.24. The van der Waals surface area contributed by atoms with Gasteiger partial charge in [-0.3, -0.25) is 9.67 Å². The van der Waals surface area contributed by atoms with Gasteiger partial charge in [-0.15, -0.1) is 0 Å². The number of rotatable bonds is 4. The summed E-state index contributed by atoms with van der Waals surface area (Å²) in [4.78, 5) is 4.44. The van der Waals surface area contributed by atoms with Gasteiger partial charge >= 0.3 is 0 Å². The molecule has 1 unspecified atom stereocenters. The molecule has 0 amide bonds. The van der Waals surface area contributed by atoms with E-state index < -0.39 is 0 Å². The van der Waals surface area contributed by atoms with Crippen LogP contribution >= 0.6 is 27.5 Å². The van der Waals surface area contributed by atoms with Crippen LogP contribution in [0.4, 0.5) is 0 Å². The van der Waals surface area contributed by atoms with E-state index in [2.05, 4.69) is 45.2 Å². The van der Waals surface area contributed by atoms with E-state index in [0.29, 0.717) is 5.02 Å². The van der Waals surface area contributed by atoms with Crippen molar-refractivity contribution in [1.29, 1.82) is 0 Å². The van der Waals surface area contributed by atoms with Crippen molar-refractivity contribution in [2.24, 2.45) is 0 Å². The number of aromatic nitrogens is 3. The highest BCUT2D eigenvalue weighted by atomic mass is 79.9. The molecule has 4 nitrogen and oxygen atoms in total. The average Bonchev–Trinajstić information content (AvgIpc) is 2.75. The Balaban J connectivity index is 2.47. The number of hydrogen-bond donors (Lipinski definition) is 1. The molecule has 1 atom stereocenters. The van der Waals surface area contributed by atoms with Crippen molar-refractivity contribution >= 4 is 27.5 Å². The summed E-state index contributed by atoms with van der Waals surface area (Å²) < 4.78 is 2.88. The molecule has 2 heterocycles. The monoisotopic (exact) mass is 342 g/mol. The number of nitrogens with zero attached hydrogens (tertiary/aromatic N) is 3. The SMILES string of the molecule is CNC(c1ccc(Br)cn1)c1c(Cl)cnn1C(C)C.